The Hall–Kier alpha value is -2.24. The van der Waals surface area contributed by atoms with Gasteiger partial charge in [0.05, 0.1) is 5.69 Å². The minimum Gasteiger partial charge on any atom is -0.475 e. The van der Waals surface area contributed by atoms with Crippen LogP contribution in [0, 0.1) is 0 Å². The Labute approximate surface area is 137 Å². The maximum absolute atomic E-state index is 13.0. The zero-order valence-electron chi connectivity index (χ0n) is 14.0. The first-order chi connectivity index (χ1) is 11.0. The third-order valence-corrected chi connectivity index (χ3v) is 4.23. The number of hydrogen-bond acceptors (Lipinski definition) is 4. The monoisotopic (exact) mass is 319 g/mol. The molecule has 1 aliphatic heterocycles. The number of nitrogens with two attached hydrogens (primary N) is 1. The summed E-state index contributed by atoms with van der Waals surface area (Å²) in [4.78, 5) is 26.6. The highest BCUT2D eigenvalue weighted by Crippen LogP contribution is 2.41. The van der Waals surface area contributed by atoms with Crippen molar-refractivity contribution in [2.75, 3.05) is 23.7 Å². The number of nitrogens with zero attached hydrogens (tertiary/aromatic N) is 1. The number of nitrogens with one attached hydrogen (secondary N) is 1. The first kappa shape index (κ1) is 17.1. The van der Waals surface area contributed by atoms with Crippen LogP contribution in [0.25, 0.3) is 0 Å². The lowest BCUT2D eigenvalue weighted by Gasteiger charge is -2.41. The number of hydrogen-bond donors (Lipinski definition) is 2. The maximum atomic E-state index is 13.0. The summed E-state index contributed by atoms with van der Waals surface area (Å²) in [5.41, 5.74) is 6.05. The Balaban J connectivity index is 2.38. The lowest BCUT2D eigenvalue weighted by molar-refractivity contribution is -0.137. The molecule has 6 heteroatoms. The number of carbonyl (C=O) groups is 2. The van der Waals surface area contributed by atoms with Crippen molar-refractivity contribution in [2.24, 2.45) is 0 Å². The van der Waals surface area contributed by atoms with Gasteiger partial charge in [-0.05, 0) is 31.4 Å². The van der Waals surface area contributed by atoms with Crippen LogP contribution in [0.1, 0.15) is 40.0 Å². The summed E-state index contributed by atoms with van der Waals surface area (Å²) in [7, 11) is 0. The average Bonchev–Trinajstić information content (AvgIpc) is 2.55. The van der Waals surface area contributed by atoms with Crippen LogP contribution in [-0.4, -0.2) is 30.5 Å². The van der Waals surface area contributed by atoms with Crippen LogP contribution in [-0.2, 0) is 9.59 Å². The number of benzene rings is 1. The summed E-state index contributed by atoms with van der Waals surface area (Å²) in [5.74, 6) is 0.203. The van der Waals surface area contributed by atoms with Crippen LogP contribution < -0.4 is 20.7 Å². The lowest BCUT2D eigenvalue weighted by Crippen LogP contribution is -2.57. The molecule has 6 nitrogen and oxygen atoms in total. The predicted octanol–water partition coefficient (Wildman–Crippen LogP) is 2.08. The second-order valence-corrected chi connectivity index (χ2v) is 5.77. The molecule has 0 bridgehead atoms. The smallest absolute Gasteiger partial charge is 0.271 e. The van der Waals surface area contributed by atoms with Gasteiger partial charge in [0, 0.05) is 18.3 Å². The minimum atomic E-state index is -0.939. The van der Waals surface area contributed by atoms with Crippen LogP contribution in [0.3, 0.4) is 0 Å². The number of rotatable bonds is 6. The minimum absolute atomic E-state index is 0.0130. The zero-order chi connectivity index (χ0) is 17.0. The van der Waals surface area contributed by atoms with E-state index >= 15 is 0 Å². The molecular weight excluding hydrogens is 294 g/mol. The summed E-state index contributed by atoms with van der Waals surface area (Å²) in [6.45, 7) is 6.39. The molecule has 0 atom stereocenters. The quantitative estimate of drug-likeness (QED) is 0.786. The predicted molar refractivity (Wildman–Crippen MR) is 90.4 cm³/mol. The summed E-state index contributed by atoms with van der Waals surface area (Å²) < 4.78 is 6.00. The van der Waals surface area contributed by atoms with Gasteiger partial charge in [-0.2, -0.15) is 0 Å². The van der Waals surface area contributed by atoms with Gasteiger partial charge in [-0.15, -0.1) is 0 Å². The molecule has 1 heterocycles. The second kappa shape index (κ2) is 6.89. The van der Waals surface area contributed by atoms with E-state index in [4.69, 9.17) is 10.5 Å². The van der Waals surface area contributed by atoms with Gasteiger partial charge in [0.25, 0.3) is 5.91 Å². The van der Waals surface area contributed by atoms with Gasteiger partial charge in [0.2, 0.25) is 5.91 Å². The van der Waals surface area contributed by atoms with Crippen molar-refractivity contribution in [1.29, 1.82) is 0 Å². The molecule has 3 N–H and O–H groups in total. The van der Waals surface area contributed by atoms with Gasteiger partial charge in [0.1, 0.15) is 12.3 Å². The lowest BCUT2D eigenvalue weighted by atomic mass is 9.92. The molecule has 2 rings (SSSR count). The summed E-state index contributed by atoms with van der Waals surface area (Å²) >= 11 is 0. The molecule has 1 aromatic carbocycles. The Bertz CT molecular complexity index is 597. The SMILES string of the molecule is CCCNC(=O)CN1C(=O)C(CC)(CC)Oc2cc(N)ccc21. The van der Waals surface area contributed by atoms with E-state index in [1.165, 1.54) is 4.90 Å². The molecule has 0 aliphatic carbocycles. The summed E-state index contributed by atoms with van der Waals surface area (Å²) in [6, 6.07) is 5.14. The molecule has 23 heavy (non-hydrogen) atoms. The van der Waals surface area contributed by atoms with Crippen molar-refractivity contribution in [2.45, 2.75) is 45.6 Å². The van der Waals surface area contributed by atoms with Crippen molar-refractivity contribution >= 4 is 23.2 Å². The molecule has 0 radical (unpaired) electrons. The van der Waals surface area contributed by atoms with E-state index in [2.05, 4.69) is 5.32 Å². The normalized spacial score (nSPS) is 15.8. The van der Waals surface area contributed by atoms with Gasteiger partial charge in [0.15, 0.2) is 5.60 Å². The highest BCUT2D eigenvalue weighted by atomic mass is 16.5. The average molecular weight is 319 g/mol. The van der Waals surface area contributed by atoms with Crippen LogP contribution in [0.4, 0.5) is 11.4 Å². The first-order valence-electron chi connectivity index (χ1n) is 8.14. The molecule has 0 saturated carbocycles. The zero-order valence-corrected chi connectivity index (χ0v) is 14.0. The van der Waals surface area contributed by atoms with E-state index in [0.717, 1.165) is 6.42 Å². The molecule has 1 aromatic rings. The Morgan fingerprint density at radius 3 is 2.61 bits per heavy atom. The molecule has 0 fully saturated rings. The number of amides is 2. The van der Waals surface area contributed by atoms with E-state index in [-0.39, 0.29) is 18.4 Å². The van der Waals surface area contributed by atoms with Gasteiger partial charge in [-0.25, -0.2) is 0 Å². The number of nitrogen functional groups attached to an aromatic ring is 1. The standard InChI is InChI=1S/C17H25N3O3/c1-4-9-19-15(21)11-20-13-8-7-12(18)10-14(13)23-17(5-2,6-3)16(20)22/h7-8,10H,4-6,9,11,18H2,1-3H3,(H,19,21). The molecule has 1 aliphatic rings. The van der Waals surface area contributed by atoms with Gasteiger partial charge in [-0.3, -0.25) is 14.5 Å². The molecule has 2 amide bonds. The van der Waals surface area contributed by atoms with Crippen molar-refractivity contribution < 1.29 is 14.3 Å². The van der Waals surface area contributed by atoms with E-state index in [0.29, 0.717) is 36.5 Å². The van der Waals surface area contributed by atoms with E-state index in [1.807, 2.05) is 20.8 Å². The molecule has 0 unspecified atom stereocenters. The van der Waals surface area contributed by atoms with Crippen molar-refractivity contribution in [3.8, 4) is 5.75 Å². The molecule has 0 aromatic heterocycles. The fourth-order valence-electron chi connectivity index (χ4n) is 2.76. The Morgan fingerprint density at radius 1 is 1.30 bits per heavy atom. The van der Waals surface area contributed by atoms with Gasteiger partial charge < -0.3 is 15.8 Å². The van der Waals surface area contributed by atoms with E-state index < -0.39 is 5.60 Å². The Kier molecular flexibility index (Phi) is 5.13. The molecule has 0 spiro atoms. The fraction of sp³-hybridized carbons (Fsp3) is 0.529. The first-order valence-corrected chi connectivity index (χ1v) is 8.14. The number of fused-ring (bicyclic) bond motifs is 1. The number of ether oxygens (including phenoxy) is 1. The fourth-order valence-corrected chi connectivity index (χ4v) is 2.76. The molecule has 0 saturated heterocycles. The van der Waals surface area contributed by atoms with Crippen molar-refractivity contribution in [3.63, 3.8) is 0 Å². The number of carbonyl (C=O) groups excluding carboxylic acids is 2. The third-order valence-electron chi connectivity index (χ3n) is 4.23. The third kappa shape index (κ3) is 3.25. The molecular formula is C17H25N3O3. The topological polar surface area (TPSA) is 84.7 Å². The summed E-state index contributed by atoms with van der Waals surface area (Å²) in [5, 5.41) is 2.81. The van der Waals surface area contributed by atoms with Crippen LogP contribution in [0.2, 0.25) is 0 Å². The van der Waals surface area contributed by atoms with Crippen molar-refractivity contribution in [3.05, 3.63) is 18.2 Å². The Morgan fingerprint density at radius 2 is 2.00 bits per heavy atom. The van der Waals surface area contributed by atoms with Crippen LogP contribution >= 0.6 is 0 Å². The second-order valence-electron chi connectivity index (χ2n) is 5.77. The maximum Gasteiger partial charge on any atom is 0.271 e. The highest BCUT2D eigenvalue weighted by molar-refractivity contribution is 6.06. The van der Waals surface area contributed by atoms with Gasteiger partial charge in [-0.1, -0.05) is 20.8 Å². The van der Waals surface area contributed by atoms with E-state index in [1.54, 1.807) is 18.2 Å². The van der Waals surface area contributed by atoms with Crippen LogP contribution in [0.5, 0.6) is 5.75 Å². The largest absolute Gasteiger partial charge is 0.475 e. The van der Waals surface area contributed by atoms with Crippen LogP contribution in [0.15, 0.2) is 18.2 Å². The highest BCUT2D eigenvalue weighted by Gasteiger charge is 2.46. The number of anilines is 2. The van der Waals surface area contributed by atoms with Crippen molar-refractivity contribution in [1.82, 2.24) is 5.32 Å². The summed E-state index contributed by atoms with van der Waals surface area (Å²) in [6.07, 6.45) is 1.91. The molecule has 126 valence electrons. The van der Waals surface area contributed by atoms with Gasteiger partial charge >= 0.3 is 0 Å². The van der Waals surface area contributed by atoms with E-state index in [9.17, 15) is 9.59 Å².